The SMILES string of the molecule is Cc1cc(C)c(C)c(S(=O)(=O)N2CCN(C(=O)c3ccc(Cn4cccn4)cc3)CC2)c1C. The molecule has 0 N–H and O–H groups in total. The lowest BCUT2D eigenvalue weighted by Crippen LogP contribution is -2.50. The predicted octanol–water partition coefficient (Wildman–Crippen LogP) is 3.31. The second kappa shape index (κ2) is 9.11. The van der Waals surface area contributed by atoms with E-state index in [1.54, 1.807) is 11.1 Å². The summed E-state index contributed by atoms with van der Waals surface area (Å²) < 4.78 is 30.3. The van der Waals surface area contributed by atoms with Gasteiger partial charge in [0.2, 0.25) is 10.0 Å². The molecule has 2 heterocycles. The van der Waals surface area contributed by atoms with E-state index < -0.39 is 10.0 Å². The van der Waals surface area contributed by atoms with Crippen molar-refractivity contribution in [1.29, 1.82) is 0 Å². The first-order chi connectivity index (χ1) is 15.7. The van der Waals surface area contributed by atoms with E-state index in [0.29, 0.717) is 30.1 Å². The van der Waals surface area contributed by atoms with E-state index in [1.807, 2.05) is 75.0 Å². The molecule has 0 aliphatic carbocycles. The molecular formula is C25H30N4O3S. The summed E-state index contributed by atoms with van der Waals surface area (Å²) in [6.07, 6.45) is 3.63. The maximum Gasteiger partial charge on any atom is 0.253 e. The van der Waals surface area contributed by atoms with Gasteiger partial charge in [0.05, 0.1) is 11.4 Å². The van der Waals surface area contributed by atoms with Crippen molar-refractivity contribution in [2.45, 2.75) is 39.1 Å². The Hall–Kier alpha value is -2.97. The van der Waals surface area contributed by atoms with E-state index >= 15 is 0 Å². The van der Waals surface area contributed by atoms with Gasteiger partial charge in [-0.25, -0.2) is 8.42 Å². The Morgan fingerprint density at radius 3 is 2.09 bits per heavy atom. The number of sulfonamides is 1. The minimum Gasteiger partial charge on any atom is -0.336 e. The minimum atomic E-state index is -3.63. The summed E-state index contributed by atoms with van der Waals surface area (Å²) in [6, 6.07) is 11.4. The predicted molar refractivity (Wildman–Crippen MR) is 128 cm³/mol. The maximum absolute atomic E-state index is 13.5. The first-order valence-electron chi connectivity index (χ1n) is 11.1. The van der Waals surface area contributed by atoms with Crippen LogP contribution in [0, 0.1) is 27.7 Å². The zero-order valence-electron chi connectivity index (χ0n) is 19.6. The van der Waals surface area contributed by atoms with E-state index in [-0.39, 0.29) is 19.0 Å². The van der Waals surface area contributed by atoms with E-state index in [0.717, 1.165) is 27.8 Å². The molecule has 1 fully saturated rings. The van der Waals surface area contributed by atoms with Crippen molar-refractivity contribution in [3.8, 4) is 0 Å². The first-order valence-corrected chi connectivity index (χ1v) is 12.6. The van der Waals surface area contributed by atoms with Gasteiger partial charge in [0.1, 0.15) is 0 Å². The third-order valence-electron chi connectivity index (χ3n) is 6.53. The van der Waals surface area contributed by atoms with Crippen LogP contribution in [0.2, 0.25) is 0 Å². The Kier molecular flexibility index (Phi) is 6.41. The molecule has 0 saturated carbocycles. The molecule has 7 nitrogen and oxygen atoms in total. The van der Waals surface area contributed by atoms with Gasteiger partial charge in [0.15, 0.2) is 0 Å². The molecule has 0 spiro atoms. The van der Waals surface area contributed by atoms with Gasteiger partial charge in [-0.3, -0.25) is 9.48 Å². The molecule has 4 rings (SSSR count). The van der Waals surface area contributed by atoms with Gasteiger partial charge in [0.25, 0.3) is 5.91 Å². The summed E-state index contributed by atoms with van der Waals surface area (Å²) in [5, 5.41) is 4.20. The molecule has 1 saturated heterocycles. The van der Waals surface area contributed by atoms with Crippen LogP contribution in [-0.4, -0.2) is 59.5 Å². The number of aromatic nitrogens is 2. The zero-order chi connectivity index (χ0) is 23.8. The lowest BCUT2D eigenvalue weighted by atomic mass is 10.0. The fourth-order valence-electron chi connectivity index (χ4n) is 4.34. The van der Waals surface area contributed by atoms with Crippen molar-refractivity contribution in [2.75, 3.05) is 26.2 Å². The van der Waals surface area contributed by atoms with Crippen molar-refractivity contribution >= 4 is 15.9 Å². The van der Waals surface area contributed by atoms with Gasteiger partial charge >= 0.3 is 0 Å². The van der Waals surface area contributed by atoms with Gasteiger partial charge in [-0.2, -0.15) is 9.40 Å². The number of amides is 1. The molecule has 0 bridgehead atoms. The number of rotatable bonds is 5. The number of carbonyl (C=O) groups excluding carboxylic acids is 1. The number of carbonyl (C=O) groups is 1. The molecule has 1 amide bonds. The van der Waals surface area contributed by atoms with Crippen LogP contribution < -0.4 is 0 Å². The number of hydrogen-bond donors (Lipinski definition) is 0. The summed E-state index contributed by atoms with van der Waals surface area (Å²) in [4.78, 5) is 15.1. The van der Waals surface area contributed by atoms with E-state index in [1.165, 1.54) is 4.31 Å². The zero-order valence-corrected chi connectivity index (χ0v) is 20.4. The Labute approximate surface area is 195 Å². The van der Waals surface area contributed by atoms with Crippen LogP contribution in [-0.2, 0) is 16.6 Å². The molecule has 1 aromatic heterocycles. The van der Waals surface area contributed by atoms with Gasteiger partial charge < -0.3 is 4.90 Å². The summed E-state index contributed by atoms with van der Waals surface area (Å²) in [6.45, 7) is 9.58. The van der Waals surface area contributed by atoms with Crippen molar-refractivity contribution < 1.29 is 13.2 Å². The standard InChI is InChI=1S/C25H30N4O3S/c1-18-16-19(2)21(4)24(20(18)3)33(31,32)29-14-12-27(13-15-29)25(30)23-8-6-22(7-9-23)17-28-11-5-10-26-28/h5-11,16H,12-15,17H2,1-4H3. The van der Waals surface area contributed by atoms with Crippen molar-refractivity contribution in [2.24, 2.45) is 0 Å². The lowest BCUT2D eigenvalue weighted by molar-refractivity contribution is 0.0698. The number of hydrogen-bond acceptors (Lipinski definition) is 4. The van der Waals surface area contributed by atoms with Crippen LogP contribution in [0.1, 0.15) is 38.2 Å². The average molecular weight is 467 g/mol. The molecule has 1 aliphatic rings. The van der Waals surface area contributed by atoms with Gasteiger partial charge in [0, 0.05) is 44.1 Å². The second-order valence-corrected chi connectivity index (χ2v) is 10.6. The molecular weight excluding hydrogens is 436 g/mol. The van der Waals surface area contributed by atoms with Crippen LogP contribution in [0.15, 0.2) is 53.7 Å². The smallest absolute Gasteiger partial charge is 0.253 e. The van der Waals surface area contributed by atoms with Gasteiger partial charge in [-0.1, -0.05) is 18.2 Å². The molecule has 1 aliphatic heterocycles. The highest BCUT2D eigenvalue weighted by molar-refractivity contribution is 7.89. The highest BCUT2D eigenvalue weighted by atomic mass is 32.2. The van der Waals surface area contributed by atoms with Gasteiger partial charge in [-0.05, 0) is 73.7 Å². The Bertz CT molecular complexity index is 1230. The fourth-order valence-corrected chi connectivity index (χ4v) is 6.34. The van der Waals surface area contributed by atoms with Gasteiger partial charge in [-0.15, -0.1) is 0 Å². The number of benzene rings is 2. The summed E-state index contributed by atoms with van der Waals surface area (Å²) >= 11 is 0. The molecule has 174 valence electrons. The van der Waals surface area contributed by atoms with Crippen LogP contribution in [0.5, 0.6) is 0 Å². The van der Waals surface area contributed by atoms with Crippen molar-refractivity contribution in [3.05, 3.63) is 82.2 Å². The van der Waals surface area contributed by atoms with Crippen LogP contribution >= 0.6 is 0 Å². The molecule has 0 unspecified atom stereocenters. The normalized spacial score (nSPS) is 15.1. The largest absolute Gasteiger partial charge is 0.336 e. The Balaban J connectivity index is 1.44. The van der Waals surface area contributed by atoms with Crippen LogP contribution in [0.4, 0.5) is 0 Å². The lowest BCUT2D eigenvalue weighted by Gasteiger charge is -2.35. The van der Waals surface area contributed by atoms with E-state index in [9.17, 15) is 13.2 Å². The molecule has 8 heteroatoms. The quantitative estimate of drug-likeness (QED) is 0.578. The maximum atomic E-state index is 13.5. The van der Waals surface area contributed by atoms with Crippen LogP contribution in [0.25, 0.3) is 0 Å². The topological polar surface area (TPSA) is 75.5 Å². The number of piperazine rings is 1. The summed E-state index contributed by atoms with van der Waals surface area (Å²) in [5.74, 6) is -0.0727. The Morgan fingerprint density at radius 1 is 0.939 bits per heavy atom. The van der Waals surface area contributed by atoms with Crippen LogP contribution in [0.3, 0.4) is 0 Å². The van der Waals surface area contributed by atoms with E-state index in [4.69, 9.17) is 0 Å². The van der Waals surface area contributed by atoms with Crippen molar-refractivity contribution in [3.63, 3.8) is 0 Å². The molecule has 0 atom stereocenters. The third-order valence-corrected chi connectivity index (χ3v) is 8.70. The van der Waals surface area contributed by atoms with Crippen molar-refractivity contribution in [1.82, 2.24) is 19.0 Å². The second-order valence-electron chi connectivity index (χ2n) is 8.69. The summed E-state index contributed by atoms with van der Waals surface area (Å²) in [7, 11) is -3.63. The molecule has 2 aromatic carbocycles. The average Bonchev–Trinajstić information content (AvgIpc) is 3.31. The summed E-state index contributed by atoms with van der Waals surface area (Å²) in [5.41, 5.74) is 5.21. The first kappa shape index (κ1) is 23.2. The third kappa shape index (κ3) is 4.58. The number of nitrogens with zero attached hydrogens (tertiary/aromatic N) is 4. The molecule has 0 radical (unpaired) electrons. The molecule has 33 heavy (non-hydrogen) atoms. The fraction of sp³-hybridized carbons (Fsp3) is 0.360. The molecule has 3 aromatic rings. The Morgan fingerprint density at radius 2 is 1.55 bits per heavy atom. The number of aryl methyl sites for hydroxylation is 2. The highest BCUT2D eigenvalue weighted by Crippen LogP contribution is 2.29. The minimum absolute atomic E-state index is 0.0727. The monoisotopic (exact) mass is 466 g/mol. The van der Waals surface area contributed by atoms with E-state index in [2.05, 4.69) is 5.10 Å². The highest BCUT2D eigenvalue weighted by Gasteiger charge is 2.33.